The first kappa shape index (κ1) is 20.4. The number of hydrogen-bond acceptors (Lipinski definition) is 4. The molecule has 142 valence electrons. The third-order valence-corrected chi connectivity index (χ3v) is 3.76. The van der Waals surface area contributed by atoms with E-state index in [9.17, 15) is 9.59 Å². The number of rotatable bonds is 4. The van der Waals surface area contributed by atoms with E-state index in [0.717, 1.165) is 11.1 Å². The summed E-state index contributed by atoms with van der Waals surface area (Å²) < 4.78 is 5.64. The lowest BCUT2D eigenvalue weighted by Gasteiger charge is -2.18. The Hall–Kier alpha value is -2.93. The molecular weight excluding hydrogens is 362 g/mol. The lowest BCUT2D eigenvalue weighted by molar-refractivity contribution is -0.127. The van der Waals surface area contributed by atoms with Crippen LogP contribution in [0.3, 0.4) is 0 Å². The van der Waals surface area contributed by atoms with Crippen molar-refractivity contribution in [1.29, 1.82) is 0 Å². The normalized spacial score (nSPS) is 10.6. The number of para-hydroxylation sites is 1. The molecule has 0 spiro atoms. The van der Waals surface area contributed by atoms with Crippen LogP contribution in [0, 0.1) is 5.41 Å². The molecule has 2 aromatic rings. The molecule has 0 aliphatic carbocycles. The summed E-state index contributed by atoms with van der Waals surface area (Å²) in [6.07, 6.45) is 0. The van der Waals surface area contributed by atoms with Crippen LogP contribution in [0.25, 0.3) is 11.1 Å². The van der Waals surface area contributed by atoms with Crippen molar-refractivity contribution in [2.75, 3.05) is 6.61 Å². The van der Waals surface area contributed by atoms with E-state index >= 15 is 0 Å². The second-order valence-corrected chi connectivity index (χ2v) is 7.27. The van der Waals surface area contributed by atoms with Gasteiger partial charge in [-0.2, -0.15) is 0 Å². The summed E-state index contributed by atoms with van der Waals surface area (Å²) in [5.74, 6) is -0.0741. The quantitative estimate of drug-likeness (QED) is 0.557. The molecule has 6 nitrogen and oxygen atoms in total. The van der Waals surface area contributed by atoms with Gasteiger partial charge in [0.05, 0.1) is 0 Å². The zero-order chi connectivity index (χ0) is 19.9. The molecule has 0 aromatic heterocycles. The summed E-state index contributed by atoms with van der Waals surface area (Å²) in [6, 6.07) is 17.2. The molecule has 27 heavy (non-hydrogen) atoms. The maximum absolute atomic E-state index is 12.0. The summed E-state index contributed by atoms with van der Waals surface area (Å²) in [5, 5.41) is 2.53. The molecule has 0 unspecified atom stereocenters. The third kappa shape index (κ3) is 6.38. The fraction of sp³-hybridized carbons (Fsp3) is 0.250. The number of amides is 2. The maximum atomic E-state index is 12.0. The predicted molar refractivity (Wildman–Crippen MR) is 109 cm³/mol. The van der Waals surface area contributed by atoms with E-state index in [2.05, 4.69) is 16.2 Å². The molecule has 7 heteroatoms. The van der Waals surface area contributed by atoms with Crippen molar-refractivity contribution in [1.82, 2.24) is 16.2 Å². The van der Waals surface area contributed by atoms with E-state index in [0.29, 0.717) is 5.75 Å². The predicted octanol–water partition coefficient (Wildman–Crippen LogP) is 2.80. The standard InChI is InChI=1S/C20H23N3O3S/c1-20(2,3)18(25)21-19(27)23-22-17(24)13-26-16-12-8-7-11-15(16)14-9-5-4-6-10-14/h4-12H,13H2,1-3H3,(H,22,24)(H2,21,23,25,27). The van der Waals surface area contributed by atoms with Gasteiger partial charge >= 0.3 is 0 Å². The van der Waals surface area contributed by atoms with Gasteiger partial charge in [-0.1, -0.05) is 69.3 Å². The smallest absolute Gasteiger partial charge is 0.276 e. The van der Waals surface area contributed by atoms with Crippen LogP contribution in [-0.4, -0.2) is 23.5 Å². The Balaban J connectivity index is 1.86. The Morgan fingerprint density at radius 3 is 2.26 bits per heavy atom. The number of carbonyl (C=O) groups is 2. The first-order valence-electron chi connectivity index (χ1n) is 8.45. The Morgan fingerprint density at radius 1 is 0.963 bits per heavy atom. The van der Waals surface area contributed by atoms with Crippen LogP contribution >= 0.6 is 12.2 Å². The van der Waals surface area contributed by atoms with Gasteiger partial charge in [-0.15, -0.1) is 0 Å². The van der Waals surface area contributed by atoms with Gasteiger partial charge < -0.3 is 10.1 Å². The van der Waals surface area contributed by atoms with E-state index in [1.54, 1.807) is 26.8 Å². The molecule has 0 heterocycles. The molecule has 2 amide bonds. The summed E-state index contributed by atoms with van der Waals surface area (Å²) in [4.78, 5) is 23.8. The summed E-state index contributed by atoms with van der Waals surface area (Å²) >= 11 is 4.98. The summed E-state index contributed by atoms with van der Waals surface area (Å²) in [6.45, 7) is 5.09. The molecule has 2 aromatic carbocycles. The molecule has 2 rings (SSSR count). The van der Waals surface area contributed by atoms with E-state index in [1.165, 1.54) is 0 Å². The van der Waals surface area contributed by atoms with Crippen LogP contribution in [-0.2, 0) is 9.59 Å². The first-order chi connectivity index (χ1) is 12.8. The topological polar surface area (TPSA) is 79.5 Å². The van der Waals surface area contributed by atoms with Gasteiger partial charge in [0.25, 0.3) is 5.91 Å². The van der Waals surface area contributed by atoms with Crippen molar-refractivity contribution in [3.05, 3.63) is 54.6 Å². The van der Waals surface area contributed by atoms with Gasteiger partial charge in [-0.3, -0.25) is 20.4 Å². The fourth-order valence-electron chi connectivity index (χ4n) is 2.08. The van der Waals surface area contributed by atoms with Gasteiger partial charge in [0.2, 0.25) is 5.91 Å². The Bertz CT molecular complexity index is 817. The SMILES string of the molecule is CC(C)(C)C(=O)NC(=S)NNC(=O)COc1ccccc1-c1ccccc1. The fourth-order valence-corrected chi connectivity index (χ4v) is 2.22. The van der Waals surface area contributed by atoms with E-state index < -0.39 is 11.3 Å². The zero-order valence-electron chi connectivity index (χ0n) is 15.5. The van der Waals surface area contributed by atoms with Gasteiger partial charge in [0, 0.05) is 11.0 Å². The Kier molecular flexibility index (Phi) is 6.90. The van der Waals surface area contributed by atoms with E-state index in [1.807, 2.05) is 48.5 Å². The van der Waals surface area contributed by atoms with Crippen molar-refractivity contribution in [3.8, 4) is 16.9 Å². The Labute approximate surface area is 164 Å². The third-order valence-electron chi connectivity index (χ3n) is 3.55. The van der Waals surface area contributed by atoms with Crippen molar-refractivity contribution in [2.24, 2.45) is 5.41 Å². The van der Waals surface area contributed by atoms with Crippen molar-refractivity contribution < 1.29 is 14.3 Å². The second-order valence-electron chi connectivity index (χ2n) is 6.86. The monoisotopic (exact) mass is 385 g/mol. The van der Waals surface area contributed by atoms with Gasteiger partial charge in [-0.25, -0.2) is 0 Å². The number of hydrogen-bond donors (Lipinski definition) is 3. The molecule has 0 atom stereocenters. The summed E-state index contributed by atoms with van der Waals surface area (Å²) in [7, 11) is 0. The molecule has 0 radical (unpaired) electrons. The molecule has 0 fully saturated rings. The lowest BCUT2D eigenvalue weighted by Crippen LogP contribution is -2.51. The Morgan fingerprint density at radius 2 is 1.59 bits per heavy atom. The average Bonchev–Trinajstić information content (AvgIpc) is 2.65. The van der Waals surface area contributed by atoms with Crippen LogP contribution in [0.4, 0.5) is 0 Å². The van der Waals surface area contributed by atoms with Gasteiger partial charge in [-0.05, 0) is 23.8 Å². The van der Waals surface area contributed by atoms with Crippen molar-refractivity contribution in [3.63, 3.8) is 0 Å². The average molecular weight is 385 g/mol. The molecule has 0 saturated heterocycles. The van der Waals surface area contributed by atoms with Crippen LogP contribution < -0.4 is 20.9 Å². The highest BCUT2D eigenvalue weighted by molar-refractivity contribution is 7.80. The summed E-state index contributed by atoms with van der Waals surface area (Å²) in [5.41, 5.74) is 6.20. The maximum Gasteiger partial charge on any atom is 0.276 e. The zero-order valence-corrected chi connectivity index (χ0v) is 16.4. The minimum atomic E-state index is -0.583. The minimum Gasteiger partial charge on any atom is -0.483 e. The molecule has 0 bridgehead atoms. The van der Waals surface area contributed by atoms with Crippen LogP contribution in [0.15, 0.2) is 54.6 Å². The van der Waals surface area contributed by atoms with Crippen LogP contribution in [0.2, 0.25) is 0 Å². The molecular formula is C20H23N3O3S. The molecule has 0 aliphatic rings. The highest BCUT2D eigenvalue weighted by Crippen LogP contribution is 2.29. The van der Waals surface area contributed by atoms with Crippen LogP contribution in [0.5, 0.6) is 5.75 Å². The first-order valence-corrected chi connectivity index (χ1v) is 8.86. The van der Waals surface area contributed by atoms with E-state index in [4.69, 9.17) is 17.0 Å². The second kappa shape index (κ2) is 9.14. The number of thiocarbonyl (C=S) groups is 1. The van der Waals surface area contributed by atoms with Gasteiger partial charge in [0.1, 0.15) is 5.75 Å². The lowest BCUT2D eigenvalue weighted by atomic mass is 9.96. The number of nitrogens with one attached hydrogen (secondary N) is 3. The van der Waals surface area contributed by atoms with Crippen molar-refractivity contribution in [2.45, 2.75) is 20.8 Å². The number of benzene rings is 2. The largest absolute Gasteiger partial charge is 0.483 e. The van der Waals surface area contributed by atoms with Crippen LogP contribution in [0.1, 0.15) is 20.8 Å². The molecule has 3 N–H and O–H groups in total. The highest BCUT2D eigenvalue weighted by Gasteiger charge is 2.22. The minimum absolute atomic E-state index is 0.0213. The van der Waals surface area contributed by atoms with Crippen molar-refractivity contribution >= 4 is 29.1 Å². The molecule has 0 saturated carbocycles. The molecule has 0 aliphatic heterocycles. The van der Waals surface area contributed by atoms with Gasteiger partial charge in [0.15, 0.2) is 11.7 Å². The number of ether oxygens (including phenoxy) is 1. The highest BCUT2D eigenvalue weighted by atomic mass is 32.1. The number of carbonyl (C=O) groups excluding carboxylic acids is 2. The number of hydrazine groups is 1. The van der Waals surface area contributed by atoms with E-state index in [-0.39, 0.29) is 17.6 Å².